The van der Waals surface area contributed by atoms with Crippen molar-refractivity contribution in [2.75, 3.05) is 7.11 Å². The summed E-state index contributed by atoms with van der Waals surface area (Å²) < 4.78 is 4.59. The van der Waals surface area contributed by atoms with Gasteiger partial charge in [0.2, 0.25) is 11.6 Å². The van der Waals surface area contributed by atoms with E-state index in [1.807, 2.05) is 0 Å². The quantitative estimate of drug-likeness (QED) is 0.436. The fourth-order valence-corrected chi connectivity index (χ4v) is 0.762. The van der Waals surface area contributed by atoms with Gasteiger partial charge in [0.25, 0.3) is 0 Å². The Kier molecular flexibility index (Phi) is 1.34. The Labute approximate surface area is 52.0 Å². The molecule has 0 heterocycles. The molecule has 0 aromatic heterocycles. The maximum atomic E-state index is 10.4. The van der Waals surface area contributed by atoms with Gasteiger partial charge in [0.05, 0.1) is 0 Å². The van der Waals surface area contributed by atoms with E-state index in [0.717, 1.165) is 0 Å². The highest BCUT2D eigenvalue weighted by Gasteiger charge is 2.46. The number of carbonyl (C=O) groups is 2. The maximum absolute atomic E-state index is 10.4. The maximum Gasteiger partial charge on any atom is 0.230 e. The van der Waals surface area contributed by atoms with E-state index in [1.54, 1.807) is 0 Å². The first-order valence-corrected chi connectivity index (χ1v) is 2.55. The molecule has 1 rings (SSSR count). The van der Waals surface area contributed by atoms with Gasteiger partial charge in [0.1, 0.15) is 12.1 Å². The Hall–Kier alpha value is -0.740. The Morgan fingerprint density at radius 3 is 2.22 bits per heavy atom. The molecule has 2 N–H and O–H groups in total. The van der Waals surface area contributed by atoms with Crippen molar-refractivity contribution in [3.8, 4) is 0 Å². The van der Waals surface area contributed by atoms with Crippen LogP contribution in [0.2, 0.25) is 0 Å². The second kappa shape index (κ2) is 1.89. The molecular weight excluding hydrogens is 122 g/mol. The summed E-state index contributed by atoms with van der Waals surface area (Å²) in [5.74, 6) is -1.04. The zero-order chi connectivity index (χ0) is 7.02. The fourth-order valence-electron chi connectivity index (χ4n) is 0.762. The van der Waals surface area contributed by atoms with Gasteiger partial charge in [-0.1, -0.05) is 0 Å². The van der Waals surface area contributed by atoms with Crippen molar-refractivity contribution >= 4 is 11.6 Å². The van der Waals surface area contributed by atoms with Crippen LogP contribution in [0.5, 0.6) is 0 Å². The molecule has 4 nitrogen and oxygen atoms in total. The number of carbonyl (C=O) groups excluding carboxylic acids is 2. The number of ether oxygens (including phenoxy) is 1. The fraction of sp³-hybridized carbons (Fsp3) is 0.600. The zero-order valence-corrected chi connectivity index (χ0v) is 4.96. The number of methoxy groups -OCH3 is 1. The van der Waals surface area contributed by atoms with Gasteiger partial charge in [-0.2, -0.15) is 0 Å². The van der Waals surface area contributed by atoms with Crippen LogP contribution in [0.15, 0.2) is 0 Å². The van der Waals surface area contributed by atoms with Crippen molar-refractivity contribution in [2.24, 2.45) is 5.73 Å². The van der Waals surface area contributed by atoms with E-state index in [1.165, 1.54) is 7.11 Å². The van der Waals surface area contributed by atoms with Crippen LogP contribution in [0.1, 0.15) is 0 Å². The summed E-state index contributed by atoms with van der Waals surface area (Å²) in [5.41, 5.74) is 5.17. The molecule has 0 aromatic carbocycles. The third kappa shape index (κ3) is 0.674. The van der Waals surface area contributed by atoms with Gasteiger partial charge in [-0.25, -0.2) is 0 Å². The minimum Gasteiger partial charge on any atom is -0.371 e. The smallest absolute Gasteiger partial charge is 0.230 e. The minimum absolute atomic E-state index is 0.509. The molecule has 0 amide bonds. The molecule has 1 saturated carbocycles. The normalized spacial score (nSPS) is 34.4. The van der Waals surface area contributed by atoms with E-state index < -0.39 is 23.7 Å². The highest BCUT2D eigenvalue weighted by molar-refractivity contribution is 6.48. The lowest BCUT2D eigenvalue weighted by Gasteiger charge is -2.27. The average Bonchev–Trinajstić information content (AvgIpc) is 1.89. The molecule has 1 aliphatic rings. The summed E-state index contributed by atoms with van der Waals surface area (Å²) in [5, 5.41) is 0. The molecular formula is C5H7NO3. The lowest BCUT2D eigenvalue weighted by molar-refractivity contribution is -0.155. The third-order valence-corrected chi connectivity index (χ3v) is 1.38. The van der Waals surface area contributed by atoms with Crippen LogP contribution in [0.3, 0.4) is 0 Å². The first-order chi connectivity index (χ1) is 4.18. The van der Waals surface area contributed by atoms with Crippen LogP contribution in [0, 0.1) is 0 Å². The van der Waals surface area contributed by atoms with Gasteiger partial charge in [-0.3, -0.25) is 9.59 Å². The molecule has 2 atom stereocenters. The average molecular weight is 129 g/mol. The Bertz CT molecular complexity index is 166. The highest BCUT2D eigenvalue weighted by Crippen LogP contribution is 2.11. The molecule has 1 fully saturated rings. The molecule has 4 heteroatoms. The molecule has 0 saturated heterocycles. The summed E-state index contributed by atoms with van der Waals surface area (Å²) in [6.07, 6.45) is -0.683. The Balaban J connectivity index is 2.61. The van der Waals surface area contributed by atoms with Gasteiger partial charge >= 0.3 is 0 Å². The largest absolute Gasteiger partial charge is 0.371 e. The minimum atomic E-state index is -0.720. The SMILES string of the molecule is COC1C(=O)C(=O)C1N. The van der Waals surface area contributed by atoms with Crippen molar-refractivity contribution in [3.05, 3.63) is 0 Å². The van der Waals surface area contributed by atoms with Crippen molar-refractivity contribution < 1.29 is 14.3 Å². The van der Waals surface area contributed by atoms with Gasteiger partial charge in [-0.05, 0) is 0 Å². The molecule has 1 aliphatic carbocycles. The second-order valence-corrected chi connectivity index (χ2v) is 1.91. The van der Waals surface area contributed by atoms with Gasteiger partial charge in [0, 0.05) is 7.11 Å². The Morgan fingerprint density at radius 1 is 1.44 bits per heavy atom. The summed E-state index contributed by atoms with van der Waals surface area (Å²) >= 11 is 0. The van der Waals surface area contributed by atoms with Gasteiger partial charge in [-0.15, -0.1) is 0 Å². The Morgan fingerprint density at radius 2 is 2.00 bits per heavy atom. The van der Waals surface area contributed by atoms with Crippen molar-refractivity contribution in [1.29, 1.82) is 0 Å². The predicted molar refractivity (Wildman–Crippen MR) is 28.8 cm³/mol. The van der Waals surface area contributed by atoms with E-state index in [4.69, 9.17) is 5.73 Å². The second-order valence-electron chi connectivity index (χ2n) is 1.91. The van der Waals surface area contributed by atoms with E-state index in [2.05, 4.69) is 4.74 Å². The predicted octanol–water partition coefficient (Wildman–Crippen LogP) is -1.52. The highest BCUT2D eigenvalue weighted by atomic mass is 16.5. The molecule has 9 heavy (non-hydrogen) atoms. The van der Waals surface area contributed by atoms with Crippen molar-refractivity contribution in [3.63, 3.8) is 0 Å². The van der Waals surface area contributed by atoms with Crippen molar-refractivity contribution in [1.82, 2.24) is 0 Å². The van der Waals surface area contributed by atoms with Crippen molar-refractivity contribution in [2.45, 2.75) is 12.1 Å². The molecule has 2 unspecified atom stereocenters. The van der Waals surface area contributed by atoms with Gasteiger partial charge in [0.15, 0.2) is 0 Å². The number of Topliss-reactive ketones (excluding diaryl/α,β-unsaturated/α-hetero) is 2. The molecule has 0 aromatic rings. The summed E-state index contributed by atoms with van der Waals surface area (Å²) in [6.45, 7) is 0. The summed E-state index contributed by atoms with van der Waals surface area (Å²) in [7, 11) is 1.36. The van der Waals surface area contributed by atoms with Crippen LogP contribution in [-0.2, 0) is 14.3 Å². The summed E-state index contributed by atoms with van der Waals surface area (Å²) in [4.78, 5) is 20.8. The molecule has 0 bridgehead atoms. The lowest BCUT2D eigenvalue weighted by atomic mass is 9.86. The number of ketones is 2. The monoisotopic (exact) mass is 129 g/mol. The molecule has 0 radical (unpaired) electrons. The first kappa shape index (κ1) is 6.38. The number of hydrogen-bond acceptors (Lipinski definition) is 4. The van der Waals surface area contributed by atoms with Crippen LogP contribution < -0.4 is 5.73 Å². The molecule has 50 valence electrons. The number of nitrogens with two attached hydrogens (primary N) is 1. The van der Waals surface area contributed by atoms with E-state index in [9.17, 15) is 9.59 Å². The topological polar surface area (TPSA) is 69.4 Å². The van der Waals surface area contributed by atoms with Gasteiger partial charge < -0.3 is 10.5 Å². The number of hydrogen-bond donors (Lipinski definition) is 1. The molecule has 0 aliphatic heterocycles. The van der Waals surface area contributed by atoms with Crippen LogP contribution in [0.4, 0.5) is 0 Å². The first-order valence-electron chi connectivity index (χ1n) is 2.55. The molecule has 0 spiro atoms. The zero-order valence-electron chi connectivity index (χ0n) is 4.96. The van der Waals surface area contributed by atoms with Crippen LogP contribution in [0.25, 0.3) is 0 Å². The summed E-state index contributed by atoms with van der Waals surface area (Å²) in [6, 6.07) is -0.720. The van der Waals surface area contributed by atoms with E-state index in [-0.39, 0.29) is 0 Å². The standard InChI is InChI=1S/C5H7NO3/c1-9-5-2(6)3(7)4(5)8/h2,5H,6H2,1H3. The van der Waals surface area contributed by atoms with Crippen LogP contribution in [-0.4, -0.2) is 30.8 Å². The van der Waals surface area contributed by atoms with E-state index in [0.29, 0.717) is 0 Å². The number of rotatable bonds is 1. The van der Waals surface area contributed by atoms with E-state index >= 15 is 0 Å². The van der Waals surface area contributed by atoms with Crippen LogP contribution >= 0.6 is 0 Å². The third-order valence-electron chi connectivity index (χ3n) is 1.38. The lowest BCUT2D eigenvalue weighted by Crippen LogP contribution is -2.62.